The number of para-hydroxylation sites is 2. The number of nitrogens with zero attached hydrogens (tertiary/aromatic N) is 3. The van der Waals surface area contributed by atoms with Crippen molar-refractivity contribution >= 4 is 23.0 Å². The van der Waals surface area contributed by atoms with Gasteiger partial charge in [0.15, 0.2) is 5.72 Å². The van der Waals surface area contributed by atoms with Gasteiger partial charge in [-0.1, -0.05) is 12.1 Å². The first kappa shape index (κ1) is 16.9. The normalized spacial score (nSPS) is 28.1. The highest BCUT2D eigenvalue weighted by molar-refractivity contribution is 6.03. The van der Waals surface area contributed by atoms with E-state index in [1.165, 1.54) is 12.2 Å². The largest absolute Gasteiger partial charge is 0.612 e. The van der Waals surface area contributed by atoms with Crippen molar-refractivity contribution < 1.29 is 14.5 Å². The average Bonchev–Trinajstić information content (AvgIpc) is 3.30. The van der Waals surface area contributed by atoms with E-state index in [0.717, 1.165) is 36.2 Å². The minimum absolute atomic E-state index is 0.0305. The number of hydroxylamine groups is 1. The van der Waals surface area contributed by atoms with Crippen LogP contribution >= 0.6 is 0 Å². The monoisotopic (exact) mass is 379 g/mol. The number of anilines is 2. The van der Waals surface area contributed by atoms with Gasteiger partial charge >= 0.3 is 0 Å². The zero-order valence-corrected chi connectivity index (χ0v) is 15.3. The molecule has 0 radical (unpaired) electrons. The molecule has 1 aromatic carbocycles. The Kier molecular flexibility index (Phi) is 3.54. The molecule has 1 saturated heterocycles. The molecule has 0 aromatic heterocycles. The highest BCUT2D eigenvalue weighted by Gasteiger charge is 2.60. The molecule has 2 aliphatic heterocycles. The molecule has 5 rings (SSSR count). The van der Waals surface area contributed by atoms with Gasteiger partial charge in [0.2, 0.25) is 11.6 Å². The quantitative estimate of drug-likeness (QED) is 0.549. The fourth-order valence-corrected chi connectivity index (χ4v) is 4.63. The van der Waals surface area contributed by atoms with Crippen LogP contribution < -0.4 is 15.3 Å². The zero-order valence-electron chi connectivity index (χ0n) is 15.3. The summed E-state index contributed by atoms with van der Waals surface area (Å²) in [6, 6.07) is 7.75. The highest BCUT2D eigenvalue weighted by atomic mass is 16.8. The van der Waals surface area contributed by atoms with E-state index >= 15 is 0 Å². The maximum absolute atomic E-state index is 13.2. The molecule has 8 heteroatoms. The molecule has 144 valence electrons. The van der Waals surface area contributed by atoms with Crippen LogP contribution in [-0.4, -0.2) is 29.3 Å². The van der Waals surface area contributed by atoms with Gasteiger partial charge in [0.25, 0.3) is 0 Å². The topological polar surface area (TPSA) is 93.9 Å². The predicted octanol–water partition coefficient (Wildman–Crippen LogP) is 2.29. The maximum Gasteiger partial charge on any atom is 0.234 e. The molecule has 1 spiro atoms. The van der Waals surface area contributed by atoms with Crippen LogP contribution in [0.3, 0.4) is 0 Å². The van der Waals surface area contributed by atoms with E-state index in [4.69, 9.17) is 4.84 Å². The van der Waals surface area contributed by atoms with Gasteiger partial charge < -0.3 is 15.3 Å². The zero-order chi connectivity index (χ0) is 19.5. The minimum Gasteiger partial charge on any atom is -0.612 e. The lowest BCUT2D eigenvalue weighted by Gasteiger charge is -2.35. The Balaban J connectivity index is 1.72. The summed E-state index contributed by atoms with van der Waals surface area (Å²) in [6.07, 6.45) is 8.71. The van der Waals surface area contributed by atoms with Gasteiger partial charge in [-0.15, -0.1) is 0 Å². The molecule has 2 atom stereocenters. The number of carbonyl (C=O) groups is 1. The molecular weight excluding hydrogens is 360 g/mol. The molecule has 2 aliphatic carbocycles. The van der Waals surface area contributed by atoms with Gasteiger partial charge in [0.1, 0.15) is 5.82 Å². The van der Waals surface area contributed by atoms with Gasteiger partial charge in [-0.2, -0.15) is 4.90 Å². The molecule has 2 heterocycles. The van der Waals surface area contributed by atoms with Crippen molar-refractivity contribution in [2.24, 2.45) is 5.92 Å². The van der Waals surface area contributed by atoms with Crippen LogP contribution in [0.5, 0.6) is 0 Å². The smallest absolute Gasteiger partial charge is 0.234 e. The van der Waals surface area contributed by atoms with Gasteiger partial charge in [-0.05, 0) is 43.5 Å². The summed E-state index contributed by atoms with van der Waals surface area (Å²) in [7, 11) is 1.80. The first-order chi connectivity index (χ1) is 13.5. The molecular formula is C20H19N4O4-. The van der Waals surface area contributed by atoms with Crippen LogP contribution in [0, 0.1) is 16.3 Å². The summed E-state index contributed by atoms with van der Waals surface area (Å²) >= 11 is 0. The standard InChI is InChI=1S/C20H19N4O4/c1-22-16-6-2-3-7-17(16)23-18(13-8-10-14(11-9-13)24(26)27)21-28-20(23)12-4-5-15(20)19(22)25/h2-3,6-11,15,21H,4-5,12H2,1H3/q-1/t15-,20+/m1/s1. The van der Waals surface area contributed by atoms with Gasteiger partial charge in [0.05, 0.1) is 17.3 Å². The second-order valence-electron chi connectivity index (χ2n) is 7.37. The molecule has 8 nitrogen and oxygen atoms in total. The highest BCUT2D eigenvalue weighted by Crippen LogP contribution is 2.53. The van der Waals surface area contributed by atoms with Crippen LogP contribution in [0.25, 0.3) is 0 Å². The van der Waals surface area contributed by atoms with Crippen molar-refractivity contribution in [3.8, 4) is 0 Å². The van der Waals surface area contributed by atoms with Crippen molar-refractivity contribution in [1.82, 2.24) is 5.48 Å². The van der Waals surface area contributed by atoms with E-state index in [9.17, 15) is 15.2 Å². The molecule has 0 unspecified atom stereocenters. The summed E-state index contributed by atoms with van der Waals surface area (Å²) in [5.41, 5.74) is 4.72. The summed E-state index contributed by atoms with van der Waals surface area (Å²) in [4.78, 5) is 22.7. The third-order valence-electron chi connectivity index (χ3n) is 5.96. The molecule has 0 bridgehead atoms. The van der Waals surface area contributed by atoms with E-state index in [1.54, 1.807) is 24.1 Å². The number of fused-ring (bicyclic) bond motifs is 2. The Bertz CT molecular complexity index is 974. The lowest BCUT2D eigenvalue weighted by molar-refractivity contribution is -0.377. The number of benzene rings is 1. The minimum atomic E-state index is -0.797. The van der Waals surface area contributed by atoms with Crippen LogP contribution in [0.15, 0.2) is 60.0 Å². The Hall–Kier alpha value is -3.26. The fraction of sp³-hybridized carbons (Fsp3) is 0.300. The predicted molar refractivity (Wildman–Crippen MR) is 104 cm³/mol. The Morgan fingerprint density at radius 2 is 1.89 bits per heavy atom. The first-order valence-electron chi connectivity index (χ1n) is 9.25. The van der Waals surface area contributed by atoms with Crippen molar-refractivity contribution in [3.63, 3.8) is 0 Å². The average molecular weight is 379 g/mol. The van der Waals surface area contributed by atoms with Crippen LogP contribution in [-0.2, 0) is 9.63 Å². The summed E-state index contributed by atoms with van der Waals surface area (Å²) in [5.74, 6) is 0.435. The number of hydrogen-bond donors (Lipinski definition) is 1. The van der Waals surface area contributed by atoms with Gasteiger partial charge in [-0.25, -0.2) is 10.3 Å². The van der Waals surface area contributed by atoms with Gasteiger partial charge in [0, 0.05) is 24.8 Å². The SMILES string of the molecule is CN1C(=O)[C@H]2CCC[C@]23ONC(=C2C=CC(=[N+]([O-])[O-])C=C2)N3c2ccccc21. The third-order valence-corrected chi connectivity index (χ3v) is 5.96. The molecule has 1 N–H and O–H groups in total. The molecule has 1 saturated carbocycles. The Morgan fingerprint density at radius 3 is 2.61 bits per heavy atom. The molecule has 1 aromatic rings. The van der Waals surface area contributed by atoms with Crippen LogP contribution in [0.1, 0.15) is 19.3 Å². The third kappa shape index (κ3) is 2.15. The number of amides is 1. The summed E-state index contributed by atoms with van der Waals surface area (Å²) in [6.45, 7) is 0. The second-order valence-corrected chi connectivity index (χ2v) is 7.37. The van der Waals surface area contributed by atoms with Gasteiger partial charge in [-0.3, -0.25) is 9.69 Å². The van der Waals surface area contributed by atoms with Crippen LogP contribution in [0.2, 0.25) is 0 Å². The number of carbonyl (C=O) groups excluding carboxylic acids is 1. The van der Waals surface area contributed by atoms with E-state index in [2.05, 4.69) is 10.4 Å². The second kappa shape index (κ2) is 5.87. The summed E-state index contributed by atoms with van der Waals surface area (Å²) < 4.78 is 0. The molecule has 28 heavy (non-hydrogen) atoms. The Morgan fingerprint density at radius 1 is 1.18 bits per heavy atom. The first-order valence-corrected chi connectivity index (χ1v) is 9.25. The number of rotatable bonds is 0. The van der Waals surface area contributed by atoms with E-state index in [1.807, 2.05) is 24.3 Å². The lowest BCUT2D eigenvalue weighted by atomic mass is 9.96. The van der Waals surface area contributed by atoms with Crippen molar-refractivity contribution in [2.45, 2.75) is 25.0 Å². The van der Waals surface area contributed by atoms with Crippen molar-refractivity contribution in [1.29, 1.82) is 0 Å². The number of allylic oxidation sites excluding steroid dienone is 5. The van der Waals surface area contributed by atoms with E-state index in [0.29, 0.717) is 5.82 Å². The maximum atomic E-state index is 13.2. The summed E-state index contributed by atoms with van der Waals surface area (Å²) in [5, 5.41) is 22.0. The van der Waals surface area contributed by atoms with E-state index < -0.39 is 10.6 Å². The van der Waals surface area contributed by atoms with E-state index in [-0.39, 0.29) is 17.5 Å². The molecule has 2 fully saturated rings. The lowest BCUT2D eigenvalue weighted by Crippen LogP contribution is -2.50. The molecule has 1 amide bonds. The van der Waals surface area contributed by atoms with Crippen molar-refractivity contribution in [3.05, 3.63) is 70.4 Å². The van der Waals surface area contributed by atoms with Crippen molar-refractivity contribution in [2.75, 3.05) is 16.8 Å². The fourth-order valence-electron chi connectivity index (χ4n) is 4.63. The van der Waals surface area contributed by atoms with Crippen LogP contribution in [0.4, 0.5) is 11.4 Å². The molecule has 4 aliphatic rings. The number of nitrogens with one attached hydrogen (secondary N) is 1. The Labute approximate surface area is 161 Å². The number of hydrogen-bond acceptors (Lipinski definition) is 6.